The first-order valence-corrected chi connectivity index (χ1v) is 7.25. The topological polar surface area (TPSA) is 21.3 Å². The third-order valence-electron chi connectivity index (χ3n) is 4.22. The van der Waals surface area contributed by atoms with Crippen LogP contribution in [-0.2, 0) is 4.74 Å². The highest BCUT2D eigenvalue weighted by molar-refractivity contribution is 4.82. The average molecular weight is 225 g/mol. The Labute approximate surface area is 100 Å². The third kappa shape index (κ3) is 3.46. The second-order valence-corrected chi connectivity index (χ2v) is 5.43. The second kappa shape index (κ2) is 6.61. The normalized spacial score (nSPS) is 36.2. The highest BCUT2D eigenvalue weighted by Crippen LogP contribution is 2.30. The Morgan fingerprint density at radius 3 is 2.69 bits per heavy atom. The Morgan fingerprint density at radius 1 is 1.06 bits per heavy atom. The molecule has 1 aliphatic carbocycles. The van der Waals surface area contributed by atoms with Gasteiger partial charge in [-0.05, 0) is 44.6 Å². The van der Waals surface area contributed by atoms with E-state index < -0.39 is 0 Å². The van der Waals surface area contributed by atoms with Crippen LogP contribution in [0.15, 0.2) is 0 Å². The van der Waals surface area contributed by atoms with Gasteiger partial charge in [0.1, 0.15) is 0 Å². The molecule has 94 valence electrons. The molecule has 0 amide bonds. The summed E-state index contributed by atoms with van der Waals surface area (Å²) in [5.74, 6) is 0.866. The lowest BCUT2D eigenvalue weighted by molar-refractivity contribution is 0.0814. The van der Waals surface area contributed by atoms with E-state index in [2.05, 4.69) is 12.2 Å². The Morgan fingerprint density at radius 2 is 1.94 bits per heavy atom. The van der Waals surface area contributed by atoms with Gasteiger partial charge in [0.2, 0.25) is 0 Å². The largest absolute Gasteiger partial charge is 0.378 e. The highest BCUT2D eigenvalue weighted by atomic mass is 16.5. The van der Waals surface area contributed by atoms with Crippen LogP contribution in [-0.4, -0.2) is 25.3 Å². The molecule has 2 heteroatoms. The fourth-order valence-corrected chi connectivity index (χ4v) is 3.37. The summed E-state index contributed by atoms with van der Waals surface area (Å²) in [5.41, 5.74) is 0. The third-order valence-corrected chi connectivity index (χ3v) is 4.22. The lowest BCUT2D eigenvalue weighted by Gasteiger charge is -2.27. The molecular weight excluding hydrogens is 198 g/mol. The van der Waals surface area contributed by atoms with Gasteiger partial charge in [-0.25, -0.2) is 0 Å². The summed E-state index contributed by atoms with van der Waals surface area (Å²) in [6, 6.07) is 0.761. The highest BCUT2D eigenvalue weighted by Gasteiger charge is 2.27. The van der Waals surface area contributed by atoms with Crippen LogP contribution >= 0.6 is 0 Å². The van der Waals surface area contributed by atoms with E-state index in [1.54, 1.807) is 0 Å². The minimum atomic E-state index is 0.573. The van der Waals surface area contributed by atoms with Crippen LogP contribution in [0.4, 0.5) is 0 Å². The summed E-state index contributed by atoms with van der Waals surface area (Å²) in [7, 11) is 0. The van der Waals surface area contributed by atoms with E-state index >= 15 is 0 Å². The summed E-state index contributed by atoms with van der Waals surface area (Å²) in [6.45, 7) is 4.35. The lowest BCUT2D eigenvalue weighted by atomic mass is 9.88. The van der Waals surface area contributed by atoms with Gasteiger partial charge in [-0.2, -0.15) is 0 Å². The molecule has 3 unspecified atom stereocenters. The zero-order chi connectivity index (χ0) is 11.2. The number of hydrogen-bond donors (Lipinski definition) is 1. The molecule has 2 nitrogen and oxygen atoms in total. The Balaban J connectivity index is 1.85. The quantitative estimate of drug-likeness (QED) is 0.742. The van der Waals surface area contributed by atoms with E-state index in [0.717, 1.165) is 25.1 Å². The zero-order valence-electron chi connectivity index (χ0n) is 10.7. The fourth-order valence-electron chi connectivity index (χ4n) is 3.37. The number of ether oxygens (including phenoxy) is 1. The van der Waals surface area contributed by atoms with Gasteiger partial charge in [0, 0.05) is 12.6 Å². The van der Waals surface area contributed by atoms with Gasteiger partial charge >= 0.3 is 0 Å². The van der Waals surface area contributed by atoms with Crippen molar-refractivity contribution >= 4 is 0 Å². The first-order valence-electron chi connectivity index (χ1n) is 7.25. The second-order valence-electron chi connectivity index (χ2n) is 5.43. The molecule has 0 aromatic rings. The predicted molar refractivity (Wildman–Crippen MR) is 67.6 cm³/mol. The maximum Gasteiger partial charge on any atom is 0.0579 e. The molecule has 2 aliphatic rings. The maximum atomic E-state index is 5.80. The fraction of sp³-hybridized carbons (Fsp3) is 1.00. The molecular formula is C14H27NO. The first-order chi connectivity index (χ1) is 7.90. The van der Waals surface area contributed by atoms with E-state index in [9.17, 15) is 0 Å². The van der Waals surface area contributed by atoms with Crippen molar-refractivity contribution in [2.24, 2.45) is 5.92 Å². The van der Waals surface area contributed by atoms with Crippen molar-refractivity contribution in [2.45, 2.75) is 70.4 Å². The zero-order valence-corrected chi connectivity index (χ0v) is 10.7. The van der Waals surface area contributed by atoms with E-state index in [1.165, 1.54) is 51.4 Å². The van der Waals surface area contributed by atoms with Crippen LogP contribution in [0, 0.1) is 5.92 Å². The molecule has 1 saturated carbocycles. The van der Waals surface area contributed by atoms with Gasteiger partial charge < -0.3 is 10.1 Å². The van der Waals surface area contributed by atoms with Gasteiger partial charge in [-0.15, -0.1) is 0 Å². The molecule has 3 atom stereocenters. The van der Waals surface area contributed by atoms with Crippen molar-refractivity contribution in [1.29, 1.82) is 0 Å². The molecule has 16 heavy (non-hydrogen) atoms. The number of nitrogens with one attached hydrogen (secondary N) is 1. The maximum absolute atomic E-state index is 5.80. The summed E-state index contributed by atoms with van der Waals surface area (Å²) >= 11 is 0. The standard InChI is InChI=1S/C14H27NO/c1-2-15-14-9-5-3-4-7-12(14)11-13-8-6-10-16-13/h12-15H,2-11H2,1H3. The molecule has 0 aromatic carbocycles. The smallest absolute Gasteiger partial charge is 0.0579 e. The van der Waals surface area contributed by atoms with E-state index in [0.29, 0.717) is 6.10 Å². The van der Waals surface area contributed by atoms with Crippen LogP contribution in [0.25, 0.3) is 0 Å². The molecule has 1 N–H and O–H groups in total. The van der Waals surface area contributed by atoms with Crippen molar-refractivity contribution in [1.82, 2.24) is 5.32 Å². The number of hydrogen-bond acceptors (Lipinski definition) is 2. The van der Waals surface area contributed by atoms with Gasteiger partial charge in [0.15, 0.2) is 0 Å². The summed E-state index contributed by atoms with van der Waals surface area (Å²) in [6.07, 6.45) is 11.5. The lowest BCUT2D eigenvalue weighted by Crippen LogP contribution is -2.37. The summed E-state index contributed by atoms with van der Waals surface area (Å²) < 4.78 is 5.80. The molecule has 0 radical (unpaired) electrons. The van der Waals surface area contributed by atoms with Crippen LogP contribution < -0.4 is 5.32 Å². The van der Waals surface area contributed by atoms with Crippen molar-refractivity contribution in [3.63, 3.8) is 0 Å². The summed E-state index contributed by atoms with van der Waals surface area (Å²) in [4.78, 5) is 0. The monoisotopic (exact) mass is 225 g/mol. The molecule has 2 fully saturated rings. The summed E-state index contributed by atoms with van der Waals surface area (Å²) in [5, 5.41) is 3.69. The average Bonchev–Trinajstić information content (AvgIpc) is 2.69. The van der Waals surface area contributed by atoms with Crippen LogP contribution in [0.5, 0.6) is 0 Å². The molecule has 1 aliphatic heterocycles. The molecule has 0 spiro atoms. The van der Waals surface area contributed by atoms with Crippen LogP contribution in [0.2, 0.25) is 0 Å². The van der Waals surface area contributed by atoms with Crippen molar-refractivity contribution in [2.75, 3.05) is 13.2 Å². The van der Waals surface area contributed by atoms with Crippen molar-refractivity contribution in [3.8, 4) is 0 Å². The van der Waals surface area contributed by atoms with Gasteiger partial charge in [0.05, 0.1) is 6.10 Å². The molecule has 1 heterocycles. The molecule has 1 saturated heterocycles. The van der Waals surface area contributed by atoms with Gasteiger partial charge in [-0.1, -0.05) is 26.2 Å². The SMILES string of the molecule is CCNC1CCCCCC1CC1CCCO1. The molecule has 0 bridgehead atoms. The predicted octanol–water partition coefficient (Wildman–Crippen LogP) is 3.11. The van der Waals surface area contributed by atoms with E-state index in [-0.39, 0.29) is 0 Å². The molecule has 2 rings (SSSR count). The van der Waals surface area contributed by atoms with Crippen molar-refractivity contribution in [3.05, 3.63) is 0 Å². The van der Waals surface area contributed by atoms with Crippen LogP contribution in [0.3, 0.4) is 0 Å². The molecule has 0 aromatic heterocycles. The Kier molecular flexibility index (Phi) is 5.11. The van der Waals surface area contributed by atoms with E-state index in [1.807, 2.05) is 0 Å². The Bertz CT molecular complexity index is 189. The first kappa shape index (κ1) is 12.4. The van der Waals surface area contributed by atoms with E-state index in [4.69, 9.17) is 4.74 Å². The minimum Gasteiger partial charge on any atom is -0.378 e. The minimum absolute atomic E-state index is 0.573. The van der Waals surface area contributed by atoms with Gasteiger partial charge in [0.25, 0.3) is 0 Å². The Hall–Kier alpha value is -0.0800. The van der Waals surface area contributed by atoms with Gasteiger partial charge in [-0.3, -0.25) is 0 Å². The van der Waals surface area contributed by atoms with Crippen LogP contribution in [0.1, 0.15) is 58.3 Å². The van der Waals surface area contributed by atoms with Crippen molar-refractivity contribution < 1.29 is 4.74 Å². The number of rotatable bonds is 4.